The molecular weight excluding hydrogens is 240 g/mol. The third kappa shape index (κ3) is 3.67. The lowest BCUT2D eigenvalue weighted by atomic mass is 9.75. The van der Waals surface area contributed by atoms with Gasteiger partial charge in [0.2, 0.25) is 0 Å². The van der Waals surface area contributed by atoms with Gasteiger partial charge in [0.15, 0.2) is 5.79 Å². The quantitative estimate of drug-likeness (QED) is 0.565. The highest BCUT2D eigenvalue weighted by atomic mass is 16.7. The van der Waals surface area contributed by atoms with Crippen LogP contribution in [-0.4, -0.2) is 24.3 Å². The molecule has 0 unspecified atom stereocenters. The number of rotatable bonds is 5. The lowest BCUT2D eigenvalue weighted by Crippen LogP contribution is -2.56. The van der Waals surface area contributed by atoms with Crippen LogP contribution in [0.5, 0.6) is 0 Å². The van der Waals surface area contributed by atoms with Crippen LogP contribution in [0, 0.1) is 17.3 Å². The third-order valence-electron chi connectivity index (χ3n) is 3.96. The molecule has 0 aromatic heterocycles. The molecule has 1 aliphatic rings. The van der Waals surface area contributed by atoms with Gasteiger partial charge in [-0.15, -0.1) is 6.58 Å². The number of carbonyl (C=O) groups excluding carboxylic acids is 1. The highest BCUT2D eigenvalue weighted by Gasteiger charge is 2.48. The summed E-state index contributed by atoms with van der Waals surface area (Å²) in [6.07, 6.45) is 3.75. The van der Waals surface area contributed by atoms with E-state index in [0.717, 1.165) is 12.7 Å². The van der Waals surface area contributed by atoms with Gasteiger partial charge < -0.3 is 14.3 Å². The summed E-state index contributed by atoms with van der Waals surface area (Å²) >= 11 is 0. The van der Waals surface area contributed by atoms with Gasteiger partial charge >= 0.3 is 0 Å². The average molecular weight is 268 g/mol. The van der Waals surface area contributed by atoms with Crippen molar-refractivity contribution >= 4 is 6.29 Å². The maximum Gasteiger partial charge on any atom is 0.163 e. The van der Waals surface area contributed by atoms with Gasteiger partial charge in [0.1, 0.15) is 6.29 Å². The monoisotopic (exact) mass is 268 g/mol. The number of hydrogen-bond acceptors (Lipinski definition) is 3. The Balaban J connectivity index is 3.01. The van der Waals surface area contributed by atoms with Crippen molar-refractivity contribution in [2.75, 3.05) is 0 Å². The van der Waals surface area contributed by atoms with Gasteiger partial charge in [-0.05, 0) is 26.2 Å². The molecule has 1 heterocycles. The zero-order valence-corrected chi connectivity index (χ0v) is 13.1. The summed E-state index contributed by atoms with van der Waals surface area (Å²) < 4.78 is 12.1. The number of aldehydes is 1. The Morgan fingerprint density at radius 2 is 1.95 bits per heavy atom. The van der Waals surface area contributed by atoms with E-state index in [2.05, 4.69) is 20.4 Å². The van der Waals surface area contributed by atoms with Crippen LogP contribution in [0.4, 0.5) is 0 Å². The maximum atomic E-state index is 11.3. The van der Waals surface area contributed by atoms with Gasteiger partial charge in [-0.25, -0.2) is 0 Å². The summed E-state index contributed by atoms with van der Waals surface area (Å²) in [5.74, 6) is -0.124. The lowest BCUT2D eigenvalue weighted by molar-refractivity contribution is -0.339. The fourth-order valence-electron chi connectivity index (χ4n) is 2.98. The number of ether oxygens (including phenoxy) is 2. The van der Waals surface area contributed by atoms with Gasteiger partial charge in [-0.1, -0.05) is 33.8 Å². The van der Waals surface area contributed by atoms with E-state index in [9.17, 15) is 4.79 Å². The predicted molar refractivity (Wildman–Crippen MR) is 76.8 cm³/mol. The van der Waals surface area contributed by atoms with Crippen LogP contribution >= 0.6 is 0 Å². The first-order valence-corrected chi connectivity index (χ1v) is 7.07. The van der Waals surface area contributed by atoms with Gasteiger partial charge in [0, 0.05) is 11.3 Å². The van der Waals surface area contributed by atoms with Crippen molar-refractivity contribution < 1.29 is 14.3 Å². The van der Waals surface area contributed by atoms with E-state index in [1.165, 1.54) is 0 Å². The summed E-state index contributed by atoms with van der Waals surface area (Å²) in [6.45, 7) is 15.8. The Morgan fingerprint density at radius 1 is 1.37 bits per heavy atom. The Kier molecular flexibility index (Phi) is 4.97. The fourth-order valence-corrected chi connectivity index (χ4v) is 2.98. The molecule has 0 aromatic carbocycles. The van der Waals surface area contributed by atoms with Crippen LogP contribution in [0.3, 0.4) is 0 Å². The molecule has 3 nitrogen and oxygen atoms in total. The molecule has 0 bridgehead atoms. The molecule has 1 fully saturated rings. The summed E-state index contributed by atoms with van der Waals surface area (Å²) in [6, 6.07) is 0. The number of carbonyl (C=O) groups is 1. The second-order valence-electron chi connectivity index (χ2n) is 6.82. The molecule has 1 saturated heterocycles. The number of allylic oxidation sites excluding steroid dienone is 1. The maximum absolute atomic E-state index is 11.3. The average Bonchev–Trinajstić information content (AvgIpc) is 2.31. The van der Waals surface area contributed by atoms with E-state index in [-0.39, 0.29) is 18.1 Å². The second kappa shape index (κ2) is 5.76. The molecule has 0 saturated carbocycles. The lowest BCUT2D eigenvalue weighted by Gasteiger charge is -2.50. The summed E-state index contributed by atoms with van der Waals surface area (Å²) in [7, 11) is 0. The fraction of sp³-hybridized carbons (Fsp3) is 0.812. The molecule has 0 radical (unpaired) electrons. The van der Waals surface area contributed by atoms with Gasteiger partial charge in [-0.3, -0.25) is 0 Å². The van der Waals surface area contributed by atoms with E-state index in [1.54, 1.807) is 0 Å². The molecule has 0 spiro atoms. The molecule has 4 atom stereocenters. The van der Waals surface area contributed by atoms with Gasteiger partial charge in [0.25, 0.3) is 0 Å². The van der Waals surface area contributed by atoms with Crippen LogP contribution in [0.15, 0.2) is 12.7 Å². The van der Waals surface area contributed by atoms with Crippen molar-refractivity contribution in [3.05, 3.63) is 12.7 Å². The van der Waals surface area contributed by atoms with Crippen LogP contribution in [0.1, 0.15) is 48.0 Å². The van der Waals surface area contributed by atoms with Gasteiger partial charge in [-0.2, -0.15) is 0 Å². The summed E-state index contributed by atoms with van der Waals surface area (Å²) in [4.78, 5) is 11.3. The minimum Gasteiger partial charge on any atom is -0.347 e. The molecule has 1 aliphatic heterocycles. The first-order valence-electron chi connectivity index (χ1n) is 7.07. The van der Waals surface area contributed by atoms with Crippen molar-refractivity contribution in [1.82, 2.24) is 0 Å². The Morgan fingerprint density at radius 3 is 2.42 bits per heavy atom. The van der Waals surface area contributed by atoms with E-state index in [1.807, 2.05) is 33.8 Å². The smallest absolute Gasteiger partial charge is 0.163 e. The molecule has 1 rings (SSSR count). The van der Waals surface area contributed by atoms with Crippen molar-refractivity contribution in [3.8, 4) is 0 Å². The first-order chi connectivity index (χ1) is 8.64. The van der Waals surface area contributed by atoms with Crippen LogP contribution in [0.25, 0.3) is 0 Å². The van der Waals surface area contributed by atoms with Crippen molar-refractivity contribution in [1.29, 1.82) is 0 Å². The molecule has 110 valence electrons. The minimum absolute atomic E-state index is 0.0750. The zero-order valence-electron chi connectivity index (χ0n) is 13.1. The second-order valence-corrected chi connectivity index (χ2v) is 6.82. The van der Waals surface area contributed by atoms with E-state index in [4.69, 9.17) is 9.47 Å². The van der Waals surface area contributed by atoms with Crippen molar-refractivity contribution in [3.63, 3.8) is 0 Å². The first kappa shape index (κ1) is 16.4. The van der Waals surface area contributed by atoms with E-state index >= 15 is 0 Å². The zero-order chi connectivity index (χ0) is 14.8. The van der Waals surface area contributed by atoms with Crippen molar-refractivity contribution in [2.24, 2.45) is 17.3 Å². The van der Waals surface area contributed by atoms with Crippen LogP contribution in [0.2, 0.25) is 0 Å². The highest BCUT2D eigenvalue weighted by Crippen LogP contribution is 2.41. The molecule has 0 N–H and O–H groups in total. The molecule has 19 heavy (non-hydrogen) atoms. The van der Waals surface area contributed by atoms with Crippen molar-refractivity contribution in [2.45, 2.75) is 66.0 Å². The molecule has 3 heteroatoms. The molecular formula is C16H28O3. The largest absolute Gasteiger partial charge is 0.347 e. The SMILES string of the molecule is C=CC[C@H](C)[C@H]1OC(C)(C)O[C@@H](C(C)(C)C=O)[C@@H]1C. The summed E-state index contributed by atoms with van der Waals surface area (Å²) in [5, 5.41) is 0. The standard InChI is InChI=1S/C16H28O3/c1-8-9-11(2)13-12(3)14(15(4,5)10-17)19-16(6,7)18-13/h8,10-14H,1,9H2,2-7H3/t11-,12+,13+,14+/m0/s1. The Bertz CT molecular complexity index is 333. The topological polar surface area (TPSA) is 35.5 Å². The highest BCUT2D eigenvalue weighted by molar-refractivity contribution is 5.59. The number of hydrogen-bond donors (Lipinski definition) is 0. The molecule has 0 amide bonds. The van der Waals surface area contributed by atoms with E-state index in [0.29, 0.717) is 5.92 Å². The van der Waals surface area contributed by atoms with E-state index < -0.39 is 11.2 Å². The Labute approximate surface area is 117 Å². The molecule has 0 aliphatic carbocycles. The molecule has 0 aromatic rings. The van der Waals surface area contributed by atoms with Crippen LogP contribution in [-0.2, 0) is 14.3 Å². The minimum atomic E-state index is -0.655. The third-order valence-corrected chi connectivity index (χ3v) is 3.96. The predicted octanol–water partition coefficient (Wildman–Crippen LogP) is 3.58. The normalized spacial score (nSPS) is 32.6. The van der Waals surface area contributed by atoms with Crippen LogP contribution < -0.4 is 0 Å². The Hall–Kier alpha value is -0.670. The summed E-state index contributed by atoms with van der Waals surface area (Å²) in [5.41, 5.74) is -0.507. The van der Waals surface area contributed by atoms with Gasteiger partial charge in [0.05, 0.1) is 12.2 Å².